The van der Waals surface area contributed by atoms with Crippen LogP contribution in [0.5, 0.6) is 0 Å². The highest BCUT2D eigenvalue weighted by Crippen LogP contribution is 2.37. The average Bonchev–Trinajstić information content (AvgIpc) is 2.28. The van der Waals surface area contributed by atoms with Gasteiger partial charge in [-0.1, -0.05) is 20.3 Å². The van der Waals surface area contributed by atoms with Crippen molar-refractivity contribution in [3.05, 3.63) is 0 Å². The van der Waals surface area contributed by atoms with Gasteiger partial charge in [0, 0.05) is 0 Å². The first kappa shape index (κ1) is 16.9. The molecule has 0 aliphatic rings. The van der Waals surface area contributed by atoms with Crippen LogP contribution in [0.1, 0.15) is 60.3 Å². The van der Waals surface area contributed by atoms with E-state index in [-0.39, 0.29) is 12.4 Å². The molecule has 1 atom stereocenters. The highest BCUT2D eigenvalue weighted by molar-refractivity contribution is 5.79. The summed E-state index contributed by atoms with van der Waals surface area (Å²) in [4.78, 5) is 23.2. The molecule has 106 valence electrons. The summed E-state index contributed by atoms with van der Waals surface area (Å²) >= 11 is 0. The molecule has 0 saturated heterocycles. The molecule has 0 amide bonds. The van der Waals surface area contributed by atoms with E-state index in [1.54, 1.807) is 20.8 Å². The molecular formula is C14H26O4. The summed E-state index contributed by atoms with van der Waals surface area (Å²) in [6.07, 6.45) is 2.68. The summed E-state index contributed by atoms with van der Waals surface area (Å²) in [5.74, 6) is -1.17. The Bertz CT molecular complexity index is 296. The maximum absolute atomic E-state index is 12.1. The van der Waals surface area contributed by atoms with Crippen LogP contribution in [-0.2, 0) is 14.3 Å². The second-order valence-corrected chi connectivity index (χ2v) is 5.77. The van der Waals surface area contributed by atoms with Crippen molar-refractivity contribution < 1.29 is 19.4 Å². The molecule has 0 saturated carbocycles. The van der Waals surface area contributed by atoms with Crippen LogP contribution >= 0.6 is 0 Å². The third-order valence-electron chi connectivity index (χ3n) is 3.42. The van der Waals surface area contributed by atoms with Crippen molar-refractivity contribution in [2.24, 2.45) is 10.8 Å². The van der Waals surface area contributed by atoms with E-state index < -0.39 is 16.8 Å². The van der Waals surface area contributed by atoms with E-state index in [2.05, 4.69) is 0 Å². The van der Waals surface area contributed by atoms with Crippen molar-refractivity contribution in [3.63, 3.8) is 0 Å². The molecule has 18 heavy (non-hydrogen) atoms. The quantitative estimate of drug-likeness (QED) is 0.536. The Balaban J connectivity index is 4.69. The fourth-order valence-corrected chi connectivity index (χ4v) is 1.88. The molecule has 0 aromatic carbocycles. The van der Waals surface area contributed by atoms with Crippen molar-refractivity contribution in [1.29, 1.82) is 0 Å². The number of hydrogen-bond acceptors (Lipinski definition) is 3. The maximum Gasteiger partial charge on any atom is 0.311 e. The fraction of sp³-hybridized carbons (Fsp3) is 0.857. The zero-order valence-electron chi connectivity index (χ0n) is 12.2. The zero-order chi connectivity index (χ0) is 14.4. The Kier molecular flexibility index (Phi) is 6.36. The smallest absolute Gasteiger partial charge is 0.311 e. The number of carbonyl (C=O) groups excluding carboxylic acids is 1. The first-order valence-corrected chi connectivity index (χ1v) is 6.60. The lowest BCUT2D eigenvalue weighted by Crippen LogP contribution is -2.37. The van der Waals surface area contributed by atoms with Gasteiger partial charge in [0.1, 0.15) is 0 Å². The van der Waals surface area contributed by atoms with Crippen LogP contribution in [0.15, 0.2) is 0 Å². The Morgan fingerprint density at radius 2 is 1.72 bits per heavy atom. The largest absolute Gasteiger partial charge is 0.481 e. The second kappa shape index (κ2) is 6.76. The molecule has 0 aromatic rings. The first-order chi connectivity index (χ1) is 8.19. The zero-order valence-corrected chi connectivity index (χ0v) is 12.2. The number of carboxylic acid groups (broad SMARTS) is 1. The van der Waals surface area contributed by atoms with Gasteiger partial charge in [-0.15, -0.1) is 0 Å². The minimum absolute atomic E-state index is 0.284. The third kappa shape index (κ3) is 4.67. The maximum atomic E-state index is 12.1. The minimum Gasteiger partial charge on any atom is -0.481 e. The van der Waals surface area contributed by atoms with Gasteiger partial charge >= 0.3 is 11.9 Å². The van der Waals surface area contributed by atoms with E-state index in [4.69, 9.17) is 9.84 Å². The molecule has 0 spiro atoms. The Morgan fingerprint density at radius 1 is 1.17 bits per heavy atom. The Morgan fingerprint density at radius 3 is 2.11 bits per heavy atom. The van der Waals surface area contributed by atoms with Crippen molar-refractivity contribution in [2.75, 3.05) is 6.61 Å². The van der Waals surface area contributed by atoms with Gasteiger partial charge < -0.3 is 9.84 Å². The molecule has 1 unspecified atom stereocenters. The normalized spacial score (nSPS) is 14.9. The van der Waals surface area contributed by atoms with Crippen LogP contribution in [0.2, 0.25) is 0 Å². The van der Waals surface area contributed by atoms with E-state index in [1.807, 2.05) is 13.8 Å². The van der Waals surface area contributed by atoms with Crippen molar-refractivity contribution in [3.8, 4) is 0 Å². The van der Waals surface area contributed by atoms with Crippen LogP contribution in [0.4, 0.5) is 0 Å². The number of carboxylic acids is 1. The highest BCUT2D eigenvalue weighted by atomic mass is 16.5. The van der Waals surface area contributed by atoms with E-state index in [0.29, 0.717) is 13.0 Å². The molecule has 0 fully saturated rings. The molecule has 4 heteroatoms. The lowest BCUT2D eigenvalue weighted by atomic mass is 9.72. The van der Waals surface area contributed by atoms with Crippen molar-refractivity contribution in [2.45, 2.75) is 60.3 Å². The SMILES string of the molecule is CCCCOC(=O)C(C)(CC)CC(C)(C)C(=O)O. The van der Waals surface area contributed by atoms with Crippen LogP contribution in [0, 0.1) is 10.8 Å². The molecule has 0 heterocycles. The van der Waals surface area contributed by atoms with Gasteiger partial charge in [0.15, 0.2) is 0 Å². The van der Waals surface area contributed by atoms with Gasteiger partial charge in [0.25, 0.3) is 0 Å². The van der Waals surface area contributed by atoms with Gasteiger partial charge in [-0.25, -0.2) is 0 Å². The lowest BCUT2D eigenvalue weighted by molar-refractivity contribution is -0.160. The predicted molar refractivity (Wildman–Crippen MR) is 70.3 cm³/mol. The summed E-state index contributed by atoms with van der Waals surface area (Å²) in [6, 6.07) is 0. The van der Waals surface area contributed by atoms with E-state index in [9.17, 15) is 9.59 Å². The summed E-state index contributed by atoms with van der Waals surface area (Å²) in [7, 11) is 0. The monoisotopic (exact) mass is 258 g/mol. The summed E-state index contributed by atoms with van der Waals surface area (Å²) < 4.78 is 5.23. The van der Waals surface area contributed by atoms with Gasteiger partial charge in [-0.2, -0.15) is 0 Å². The van der Waals surface area contributed by atoms with Gasteiger partial charge in [-0.05, 0) is 40.0 Å². The topological polar surface area (TPSA) is 63.6 Å². The number of hydrogen-bond donors (Lipinski definition) is 1. The van der Waals surface area contributed by atoms with Crippen molar-refractivity contribution >= 4 is 11.9 Å². The Labute approximate surface area is 110 Å². The average molecular weight is 258 g/mol. The molecule has 0 rings (SSSR count). The van der Waals surface area contributed by atoms with Crippen LogP contribution < -0.4 is 0 Å². The van der Waals surface area contributed by atoms with E-state index in [0.717, 1.165) is 12.8 Å². The number of rotatable bonds is 8. The number of aliphatic carboxylic acids is 1. The third-order valence-corrected chi connectivity index (χ3v) is 3.42. The van der Waals surface area contributed by atoms with Gasteiger partial charge in [0.2, 0.25) is 0 Å². The van der Waals surface area contributed by atoms with Crippen LogP contribution in [0.3, 0.4) is 0 Å². The van der Waals surface area contributed by atoms with Gasteiger partial charge in [-0.3, -0.25) is 9.59 Å². The van der Waals surface area contributed by atoms with Crippen molar-refractivity contribution in [1.82, 2.24) is 0 Å². The number of unbranched alkanes of at least 4 members (excludes halogenated alkanes) is 1. The molecule has 0 aliphatic carbocycles. The summed E-state index contributed by atoms with van der Waals surface area (Å²) in [6.45, 7) is 9.40. The van der Waals surface area contributed by atoms with E-state index in [1.165, 1.54) is 0 Å². The molecule has 0 radical (unpaired) electrons. The number of ether oxygens (including phenoxy) is 1. The lowest BCUT2D eigenvalue weighted by Gasteiger charge is -2.32. The van der Waals surface area contributed by atoms with Crippen LogP contribution in [0.25, 0.3) is 0 Å². The molecule has 0 aliphatic heterocycles. The summed E-state index contributed by atoms with van der Waals surface area (Å²) in [5, 5.41) is 9.14. The first-order valence-electron chi connectivity index (χ1n) is 6.60. The van der Waals surface area contributed by atoms with E-state index >= 15 is 0 Å². The fourth-order valence-electron chi connectivity index (χ4n) is 1.88. The molecule has 0 aromatic heterocycles. The minimum atomic E-state index is -0.922. The predicted octanol–water partition coefficient (Wildman–Crippen LogP) is 3.25. The van der Waals surface area contributed by atoms with Crippen LogP contribution in [-0.4, -0.2) is 23.7 Å². The number of esters is 1. The molecule has 4 nitrogen and oxygen atoms in total. The Hall–Kier alpha value is -1.06. The second-order valence-electron chi connectivity index (χ2n) is 5.77. The highest BCUT2D eigenvalue weighted by Gasteiger charge is 2.42. The molecule has 0 bridgehead atoms. The number of carbonyl (C=O) groups is 2. The molecular weight excluding hydrogens is 232 g/mol. The summed E-state index contributed by atoms with van der Waals surface area (Å²) in [5.41, 5.74) is -1.65. The molecule has 1 N–H and O–H groups in total. The van der Waals surface area contributed by atoms with Gasteiger partial charge in [0.05, 0.1) is 17.4 Å². The standard InChI is InChI=1S/C14H26O4/c1-6-8-9-18-12(17)14(5,7-2)10-13(3,4)11(15)16/h6-10H2,1-5H3,(H,15,16).